The monoisotopic (exact) mass is 239 g/mol. The zero-order valence-corrected chi connectivity index (χ0v) is 10.9. The average Bonchev–Trinajstić information content (AvgIpc) is 2.75. The molecule has 1 saturated carbocycles. The Morgan fingerprint density at radius 1 is 1.35 bits per heavy atom. The first-order chi connectivity index (χ1) is 8.15. The molecule has 1 aliphatic heterocycles. The zero-order chi connectivity index (χ0) is 12.3. The molecule has 2 aliphatic rings. The quantitative estimate of drug-likeness (QED) is 0.820. The first kappa shape index (κ1) is 12.9. The highest BCUT2D eigenvalue weighted by Crippen LogP contribution is 2.31. The van der Waals surface area contributed by atoms with Gasteiger partial charge in [-0.3, -0.25) is 4.79 Å². The Kier molecular flexibility index (Phi) is 4.43. The molecule has 0 aromatic heterocycles. The van der Waals surface area contributed by atoms with Crippen molar-refractivity contribution in [3.05, 3.63) is 0 Å². The third-order valence-electron chi connectivity index (χ3n) is 4.51. The summed E-state index contributed by atoms with van der Waals surface area (Å²) in [6.07, 6.45) is 7.91. The van der Waals surface area contributed by atoms with Crippen molar-refractivity contribution in [2.24, 2.45) is 11.8 Å². The third kappa shape index (κ3) is 3.70. The second-order valence-electron chi connectivity index (χ2n) is 6.01. The van der Waals surface area contributed by atoms with Gasteiger partial charge in [-0.2, -0.15) is 0 Å². The van der Waals surface area contributed by atoms with Crippen LogP contribution < -0.4 is 0 Å². The summed E-state index contributed by atoms with van der Waals surface area (Å²) in [7, 11) is 0. The number of carboxylic acid groups (broad SMARTS) is 1. The Labute approximate surface area is 104 Å². The number of aliphatic carboxylic acids is 1. The van der Waals surface area contributed by atoms with Crippen molar-refractivity contribution in [2.75, 3.05) is 13.1 Å². The van der Waals surface area contributed by atoms with Crippen molar-refractivity contribution in [1.29, 1.82) is 0 Å². The molecule has 3 unspecified atom stereocenters. The van der Waals surface area contributed by atoms with Crippen LogP contribution >= 0.6 is 0 Å². The van der Waals surface area contributed by atoms with E-state index in [0.29, 0.717) is 12.3 Å². The zero-order valence-electron chi connectivity index (χ0n) is 10.9. The maximum atomic E-state index is 10.6. The van der Waals surface area contributed by atoms with Crippen molar-refractivity contribution < 1.29 is 9.90 Å². The normalized spacial score (nSPS) is 35.0. The topological polar surface area (TPSA) is 40.5 Å². The highest BCUT2D eigenvalue weighted by molar-refractivity contribution is 5.66. The fraction of sp³-hybridized carbons (Fsp3) is 0.929. The molecular weight excluding hydrogens is 214 g/mol. The average molecular weight is 239 g/mol. The number of hydrogen-bond donors (Lipinski definition) is 1. The minimum absolute atomic E-state index is 0.347. The molecule has 3 atom stereocenters. The second-order valence-corrected chi connectivity index (χ2v) is 6.01. The van der Waals surface area contributed by atoms with E-state index in [4.69, 9.17) is 5.11 Å². The minimum Gasteiger partial charge on any atom is -0.481 e. The molecule has 1 saturated heterocycles. The lowest BCUT2D eigenvalue weighted by molar-refractivity contribution is -0.137. The Hall–Kier alpha value is -0.570. The number of rotatable bonds is 4. The van der Waals surface area contributed by atoms with Crippen molar-refractivity contribution in [3.8, 4) is 0 Å². The minimum atomic E-state index is -0.644. The molecule has 3 nitrogen and oxygen atoms in total. The lowest BCUT2D eigenvalue weighted by Crippen LogP contribution is -2.36. The molecule has 0 aromatic carbocycles. The molecule has 0 aromatic rings. The summed E-state index contributed by atoms with van der Waals surface area (Å²) in [4.78, 5) is 13.2. The van der Waals surface area contributed by atoms with Gasteiger partial charge in [0.15, 0.2) is 0 Å². The van der Waals surface area contributed by atoms with Crippen molar-refractivity contribution >= 4 is 5.97 Å². The van der Waals surface area contributed by atoms with Crippen molar-refractivity contribution in [1.82, 2.24) is 4.90 Å². The van der Waals surface area contributed by atoms with Gasteiger partial charge in [0.25, 0.3) is 0 Å². The molecule has 98 valence electrons. The second kappa shape index (κ2) is 5.85. The third-order valence-corrected chi connectivity index (χ3v) is 4.51. The van der Waals surface area contributed by atoms with E-state index >= 15 is 0 Å². The van der Waals surface area contributed by atoms with E-state index in [2.05, 4.69) is 11.8 Å². The molecular formula is C14H25NO2. The summed E-state index contributed by atoms with van der Waals surface area (Å²) >= 11 is 0. The first-order valence-corrected chi connectivity index (χ1v) is 7.11. The SMILES string of the molecule is CC1CCCC(N2CCC(CCC(=O)O)C2)C1. The number of hydrogen-bond acceptors (Lipinski definition) is 2. The predicted molar refractivity (Wildman–Crippen MR) is 68.0 cm³/mol. The van der Waals surface area contributed by atoms with Crippen LogP contribution in [0, 0.1) is 11.8 Å². The van der Waals surface area contributed by atoms with Gasteiger partial charge in [0, 0.05) is 19.0 Å². The molecule has 0 bridgehead atoms. The summed E-state index contributed by atoms with van der Waals surface area (Å²) in [6, 6.07) is 0.786. The van der Waals surface area contributed by atoms with Crippen LogP contribution in [-0.4, -0.2) is 35.1 Å². The van der Waals surface area contributed by atoms with E-state index in [9.17, 15) is 4.79 Å². The summed E-state index contributed by atoms with van der Waals surface area (Å²) in [5, 5.41) is 8.71. The Morgan fingerprint density at radius 2 is 2.18 bits per heavy atom. The Morgan fingerprint density at radius 3 is 2.88 bits per heavy atom. The Balaban J connectivity index is 1.75. The molecule has 2 rings (SSSR count). The maximum absolute atomic E-state index is 10.6. The smallest absolute Gasteiger partial charge is 0.303 e. The van der Waals surface area contributed by atoms with Crippen LogP contribution in [-0.2, 0) is 4.79 Å². The highest BCUT2D eigenvalue weighted by atomic mass is 16.4. The van der Waals surface area contributed by atoms with Crippen LogP contribution in [0.3, 0.4) is 0 Å². The fourth-order valence-electron chi connectivity index (χ4n) is 3.49. The van der Waals surface area contributed by atoms with Gasteiger partial charge in [-0.05, 0) is 44.1 Å². The molecule has 1 heterocycles. The van der Waals surface area contributed by atoms with Crippen LogP contribution in [0.4, 0.5) is 0 Å². The first-order valence-electron chi connectivity index (χ1n) is 7.11. The summed E-state index contributed by atoms with van der Waals surface area (Å²) in [5.74, 6) is 0.866. The van der Waals surface area contributed by atoms with E-state index in [0.717, 1.165) is 24.9 Å². The van der Waals surface area contributed by atoms with Gasteiger partial charge in [0.2, 0.25) is 0 Å². The van der Waals surface area contributed by atoms with Gasteiger partial charge in [-0.1, -0.05) is 19.8 Å². The lowest BCUT2D eigenvalue weighted by atomic mass is 9.86. The number of likely N-dealkylation sites (tertiary alicyclic amines) is 1. The highest BCUT2D eigenvalue weighted by Gasteiger charge is 2.30. The number of carboxylic acids is 1. The standard InChI is InChI=1S/C14H25NO2/c1-11-3-2-4-13(9-11)15-8-7-12(10-15)5-6-14(16)17/h11-13H,2-10H2,1H3,(H,16,17). The van der Waals surface area contributed by atoms with Crippen LogP contribution in [0.2, 0.25) is 0 Å². The number of carbonyl (C=O) groups is 1. The fourth-order valence-corrected chi connectivity index (χ4v) is 3.49. The van der Waals surface area contributed by atoms with Gasteiger partial charge >= 0.3 is 5.97 Å². The van der Waals surface area contributed by atoms with Crippen LogP contribution in [0.5, 0.6) is 0 Å². The van der Waals surface area contributed by atoms with Gasteiger partial charge < -0.3 is 10.0 Å². The van der Waals surface area contributed by atoms with E-state index < -0.39 is 5.97 Å². The predicted octanol–water partition coefficient (Wildman–Crippen LogP) is 2.75. The van der Waals surface area contributed by atoms with E-state index in [1.165, 1.54) is 38.6 Å². The molecule has 0 amide bonds. The van der Waals surface area contributed by atoms with E-state index in [-0.39, 0.29) is 0 Å². The molecule has 1 N–H and O–H groups in total. The summed E-state index contributed by atoms with van der Waals surface area (Å²) < 4.78 is 0. The van der Waals surface area contributed by atoms with Gasteiger partial charge in [0.1, 0.15) is 0 Å². The van der Waals surface area contributed by atoms with Gasteiger partial charge in [-0.25, -0.2) is 0 Å². The van der Waals surface area contributed by atoms with Crippen LogP contribution in [0.15, 0.2) is 0 Å². The van der Waals surface area contributed by atoms with E-state index in [1.54, 1.807) is 0 Å². The number of nitrogens with zero attached hydrogens (tertiary/aromatic N) is 1. The molecule has 0 radical (unpaired) electrons. The summed E-state index contributed by atoms with van der Waals surface area (Å²) in [5.41, 5.74) is 0. The van der Waals surface area contributed by atoms with Crippen LogP contribution in [0.1, 0.15) is 51.9 Å². The van der Waals surface area contributed by atoms with Crippen LogP contribution in [0.25, 0.3) is 0 Å². The largest absolute Gasteiger partial charge is 0.481 e. The van der Waals surface area contributed by atoms with E-state index in [1.807, 2.05) is 0 Å². The van der Waals surface area contributed by atoms with Crippen molar-refractivity contribution in [3.63, 3.8) is 0 Å². The molecule has 1 aliphatic carbocycles. The molecule has 17 heavy (non-hydrogen) atoms. The maximum Gasteiger partial charge on any atom is 0.303 e. The molecule has 3 heteroatoms. The lowest BCUT2D eigenvalue weighted by Gasteiger charge is -2.34. The molecule has 0 spiro atoms. The van der Waals surface area contributed by atoms with Gasteiger partial charge in [-0.15, -0.1) is 0 Å². The summed E-state index contributed by atoms with van der Waals surface area (Å²) in [6.45, 7) is 4.70. The van der Waals surface area contributed by atoms with Crippen molar-refractivity contribution in [2.45, 2.75) is 57.9 Å². The Bertz CT molecular complexity index is 267. The molecule has 2 fully saturated rings. The van der Waals surface area contributed by atoms with Gasteiger partial charge in [0.05, 0.1) is 0 Å².